The zero-order valence-electron chi connectivity index (χ0n) is 13.3. The van der Waals surface area contributed by atoms with Crippen LogP contribution in [0, 0.1) is 6.92 Å². The number of ether oxygens (including phenoxy) is 1. The van der Waals surface area contributed by atoms with E-state index >= 15 is 0 Å². The first-order chi connectivity index (χ1) is 11.7. The molecule has 4 rings (SSSR count). The van der Waals surface area contributed by atoms with E-state index in [-0.39, 0.29) is 5.63 Å². The number of para-hydroxylation sites is 2. The molecule has 0 bridgehead atoms. The first-order valence-electron chi connectivity index (χ1n) is 7.52. The highest BCUT2D eigenvalue weighted by Crippen LogP contribution is 2.36. The molecule has 5 heteroatoms. The SMILES string of the molecule is COc1ccccc1Nc1coc2ccc3c(C)cc(=O)oc3c12. The Labute approximate surface area is 137 Å². The van der Waals surface area contributed by atoms with Gasteiger partial charge in [-0.1, -0.05) is 12.1 Å². The minimum atomic E-state index is -0.378. The van der Waals surface area contributed by atoms with E-state index in [1.807, 2.05) is 43.3 Å². The van der Waals surface area contributed by atoms with Crippen LogP contribution in [0.4, 0.5) is 11.4 Å². The Balaban J connectivity index is 1.96. The predicted molar refractivity (Wildman–Crippen MR) is 93.3 cm³/mol. The number of fused-ring (bicyclic) bond motifs is 3. The Morgan fingerprint density at radius 3 is 2.75 bits per heavy atom. The van der Waals surface area contributed by atoms with Crippen LogP contribution in [-0.2, 0) is 0 Å². The molecule has 0 aliphatic rings. The zero-order valence-corrected chi connectivity index (χ0v) is 13.3. The molecule has 0 radical (unpaired) electrons. The number of rotatable bonds is 3. The third kappa shape index (κ3) is 2.22. The molecule has 2 aromatic heterocycles. The summed E-state index contributed by atoms with van der Waals surface area (Å²) in [7, 11) is 1.62. The lowest BCUT2D eigenvalue weighted by Crippen LogP contribution is -1.98. The minimum Gasteiger partial charge on any atom is -0.495 e. The van der Waals surface area contributed by atoms with Gasteiger partial charge in [-0.15, -0.1) is 0 Å². The number of anilines is 2. The highest BCUT2D eigenvalue weighted by molar-refractivity contribution is 6.10. The van der Waals surface area contributed by atoms with Crippen molar-refractivity contribution in [3.63, 3.8) is 0 Å². The highest BCUT2D eigenvalue weighted by atomic mass is 16.5. The van der Waals surface area contributed by atoms with Crippen LogP contribution in [0.3, 0.4) is 0 Å². The summed E-state index contributed by atoms with van der Waals surface area (Å²) in [6, 6.07) is 12.8. The van der Waals surface area contributed by atoms with Crippen molar-refractivity contribution in [2.75, 3.05) is 12.4 Å². The number of hydrogen-bond acceptors (Lipinski definition) is 5. The largest absolute Gasteiger partial charge is 0.495 e. The number of aryl methyl sites for hydroxylation is 1. The molecule has 0 unspecified atom stereocenters. The molecule has 120 valence electrons. The Kier molecular flexibility index (Phi) is 3.27. The number of benzene rings is 2. The maximum Gasteiger partial charge on any atom is 0.336 e. The van der Waals surface area contributed by atoms with Crippen molar-refractivity contribution in [1.82, 2.24) is 0 Å². The van der Waals surface area contributed by atoms with Crippen LogP contribution in [0.5, 0.6) is 5.75 Å². The molecular formula is C19H15NO4. The monoisotopic (exact) mass is 321 g/mol. The second-order valence-electron chi connectivity index (χ2n) is 5.54. The molecule has 0 spiro atoms. The fourth-order valence-electron chi connectivity index (χ4n) is 2.89. The van der Waals surface area contributed by atoms with Crippen LogP contribution in [-0.4, -0.2) is 7.11 Å². The van der Waals surface area contributed by atoms with E-state index in [1.54, 1.807) is 13.4 Å². The summed E-state index contributed by atoms with van der Waals surface area (Å²) < 4.78 is 16.4. The van der Waals surface area contributed by atoms with E-state index in [1.165, 1.54) is 6.07 Å². The third-order valence-electron chi connectivity index (χ3n) is 4.03. The molecule has 0 saturated heterocycles. The quantitative estimate of drug-likeness (QED) is 0.559. The van der Waals surface area contributed by atoms with Crippen molar-refractivity contribution in [2.45, 2.75) is 6.92 Å². The molecule has 0 aliphatic heterocycles. The van der Waals surface area contributed by atoms with Gasteiger partial charge < -0.3 is 18.9 Å². The lowest BCUT2D eigenvalue weighted by Gasteiger charge is -2.10. The van der Waals surface area contributed by atoms with Crippen LogP contribution in [0.2, 0.25) is 0 Å². The summed E-state index contributed by atoms with van der Waals surface area (Å²) in [6.07, 6.45) is 1.61. The normalized spacial score (nSPS) is 11.1. The van der Waals surface area contributed by atoms with Crippen LogP contribution >= 0.6 is 0 Å². The molecule has 0 fully saturated rings. The molecule has 0 atom stereocenters. The smallest absolute Gasteiger partial charge is 0.336 e. The van der Waals surface area contributed by atoms with Gasteiger partial charge >= 0.3 is 5.63 Å². The van der Waals surface area contributed by atoms with E-state index < -0.39 is 0 Å². The van der Waals surface area contributed by atoms with E-state index in [0.29, 0.717) is 22.6 Å². The van der Waals surface area contributed by atoms with Crippen LogP contribution in [0.1, 0.15) is 5.56 Å². The molecule has 1 N–H and O–H groups in total. The lowest BCUT2D eigenvalue weighted by atomic mass is 10.1. The lowest BCUT2D eigenvalue weighted by molar-refractivity contribution is 0.417. The Morgan fingerprint density at radius 1 is 1.08 bits per heavy atom. The average molecular weight is 321 g/mol. The van der Waals surface area contributed by atoms with E-state index in [2.05, 4.69) is 5.32 Å². The van der Waals surface area contributed by atoms with Gasteiger partial charge in [-0.2, -0.15) is 0 Å². The molecular weight excluding hydrogens is 306 g/mol. The van der Waals surface area contributed by atoms with Gasteiger partial charge in [0.05, 0.1) is 23.9 Å². The number of furan rings is 1. The van der Waals surface area contributed by atoms with E-state index in [9.17, 15) is 4.79 Å². The van der Waals surface area contributed by atoms with Crippen LogP contribution in [0.15, 0.2) is 62.4 Å². The van der Waals surface area contributed by atoms with Crippen LogP contribution in [0.25, 0.3) is 21.9 Å². The average Bonchev–Trinajstić information content (AvgIpc) is 2.98. The van der Waals surface area contributed by atoms with E-state index in [4.69, 9.17) is 13.6 Å². The summed E-state index contributed by atoms with van der Waals surface area (Å²) in [5.74, 6) is 0.713. The van der Waals surface area contributed by atoms with Gasteiger partial charge in [0.2, 0.25) is 0 Å². The minimum absolute atomic E-state index is 0.378. The Morgan fingerprint density at radius 2 is 1.92 bits per heavy atom. The maximum absolute atomic E-state index is 11.8. The molecule has 4 aromatic rings. The maximum atomic E-state index is 11.8. The highest BCUT2D eigenvalue weighted by Gasteiger charge is 2.15. The number of methoxy groups -OCH3 is 1. The molecule has 5 nitrogen and oxygen atoms in total. The van der Waals surface area contributed by atoms with Gasteiger partial charge in [-0.05, 0) is 36.8 Å². The summed E-state index contributed by atoms with van der Waals surface area (Å²) in [5, 5.41) is 4.91. The summed E-state index contributed by atoms with van der Waals surface area (Å²) in [5.41, 5.74) is 3.17. The van der Waals surface area contributed by atoms with Gasteiger partial charge in [0.1, 0.15) is 17.6 Å². The van der Waals surface area contributed by atoms with Crippen molar-refractivity contribution >= 4 is 33.3 Å². The Bertz CT molecular complexity index is 1110. The van der Waals surface area contributed by atoms with Crippen molar-refractivity contribution in [3.8, 4) is 5.75 Å². The van der Waals surface area contributed by atoms with Gasteiger partial charge in [0.15, 0.2) is 5.58 Å². The van der Waals surface area contributed by atoms with Crippen molar-refractivity contribution in [2.24, 2.45) is 0 Å². The topological polar surface area (TPSA) is 64.6 Å². The molecule has 2 heterocycles. The molecule has 0 saturated carbocycles. The van der Waals surface area contributed by atoms with Gasteiger partial charge in [0.25, 0.3) is 0 Å². The summed E-state index contributed by atoms with van der Waals surface area (Å²) >= 11 is 0. The summed E-state index contributed by atoms with van der Waals surface area (Å²) in [4.78, 5) is 11.8. The van der Waals surface area contributed by atoms with Gasteiger partial charge in [0, 0.05) is 11.5 Å². The van der Waals surface area contributed by atoms with Crippen molar-refractivity contribution < 1.29 is 13.6 Å². The van der Waals surface area contributed by atoms with E-state index in [0.717, 1.165) is 22.0 Å². The zero-order chi connectivity index (χ0) is 16.7. The Hall–Kier alpha value is -3.21. The molecule has 0 amide bonds. The molecule has 0 aliphatic carbocycles. The third-order valence-corrected chi connectivity index (χ3v) is 4.03. The summed E-state index contributed by atoms with van der Waals surface area (Å²) in [6.45, 7) is 1.89. The van der Waals surface area contributed by atoms with Crippen molar-refractivity contribution in [1.29, 1.82) is 0 Å². The second-order valence-corrected chi connectivity index (χ2v) is 5.54. The fraction of sp³-hybridized carbons (Fsp3) is 0.105. The standard InChI is InChI=1S/C19H15NO4/c1-11-9-17(21)24-19-12(11)7-8-16-18(19)14(10-23-16)20-13-5-3-4-6-15(13)22-2/h3-10,20H,1-2H3. The second kappa shape index (κ2) is 5.45. The van der Waals surface area contributed by atoms with Crippen LogP contribution < -0.4 is 15.7 Å². The fourth-order valence-corrected chi connectivity index (χ4v) is 2.89. The molecule has 2 aromatic carbocycles. The first kappa shape index (κ1) is 14.4. The van der Waals surface area contributed by atoms with Crippen molar-refractivity contribution in [3.05, 3.63) is 64.7 Å². The molecule has 24 heavy (non-hydrogen) atoms. The first-order valence-corrected chi connectivity index (χ1v) is 7.52. The van der Waals surface area contributed by atoms with Gasteiger partial charge in [-0.3, -0.25) is 0 Å². The number of nitrogens with one attached hydrogen (secondary N) is 1. The van der Waals surface area contributed by atoms with Gasteiger partial charge in [-0.25, -0.2) is 4.79 Å². The predicted octanol–water partition coefficient (Wildman–Crippen LogP) is 4.60. The number of hydrogen-bond donors (Lipinski definition) is 1.